The minimum absolute atomic E-state index is 0.218. The molecule has 1 atom stereocenters. The summed E-state index contributed by atoms with van der Waals surface area (Å²) in [5, 5.41) is 14.9. The summed E-state index contributed by atoms with van der Waals surface area (Å²) in [4.78, 5) is 11.2. The molecule has 0 aliphatic rings. The zero-order chi connectivity index (χ0) is 15.1. The highest BCUT2D eigenvalue weighted by Crippen LogP contribution is 2.24. The molecule has 0 aliphatic carbocycles. The van der Waals surface area contributed by atoms with Gasteiger partial charge in [-0.25, -0.2) is 0 Å². The minimum Gasteiger partial charge on any atom is -0.387 e. The van der Waals surface area contributed by atoms with Gasteiger partial charge in [0.05, 0.1) is 6.04 Å². The molecule has 21 heavy (non-hydrogen) atoms. The second-order valence-electron chi connectivity index (χ2n) is 4.80. The van der Waals surface area contributed by atoms with Crippen LogP contribution in [0, 0.1) is 0 Å². The van der Waals surface area contributed by atoms with Gasteiger partial charge >= 0.3 is 0 Å². The molecular formula is C17H20N2O2. The summed E-state index contributed by atoms with van der Waals surface area (Å²) < 4.78 is 0. The highest BCUT2D eigenvalue weighted by molar-refractivity contribution is 5.91. The molecule has 0 saturated carbocycles. The van der Waals surface area contributed by atoms with E-state index in [0.29, 0.717) is 5.69 Å². The Kier molecular flexibility index (Phi) is 5.35. The standard InChI is InChI=1S/C17H20N2O2/c1-2-16(13-7-4-3-5-8-13)18-14-9-6-10-15(11-14)19-17(21)12-20/h3-11,16,18,20H,2,12H2,1H3,(H,19,21). The summed E-state index contributed by atoms with van der Waals surface area (Å²) in [6.07, 6.45) is 0.956. The lowest BCUT2D eigenvalue weighted by molar-refractivity contribution is -0.118. The lowest BCUT2D eigenvalue weighted by Crippen LogP contribution is -2.15. The molecule has 2 aromatic rings. The largest absolute Gasteiger partial charge is 0.387 e. The van der Waals surface area contributed by atoms with Crippen LogP contribution in [-0.4, -0.2) is 17.6 Å². The molecule has 4 nitrogen and oxygen atoms in total. The van der Waals surface area contributed by atoms with Gasteiger partial charge in [-0.1, -0.05) is 43.3 Å². The normalized spacial score (nSPS) is 11.7. The van der Waals surface area contributed by atoms with Crippen molar-refractivity contribution in [1.82, 2.24) is 0 Å². The second kappa shape index (κ2) is 7.45. The maximum absolute atomic E-state index is 11.2. The van der Waals surface area contributed by atoms with E-state index in [2.05, 4.69) is 29.7 Å². The molecule has 1 amide bonds. The number of rotatable bonds is 6. The Hall–Kier alpha value is -2.33. The van der Waals surface area contributed by atoms with Crippen LogP contribution in [0.4, 0.5) is 11.4 Å². The first-order chi connectivity index (χ1) is 10.2. The number of hydrogen-bond acceptors (Lipinski definition) is 3. The van der Waals surface area contributed by atoms with Gasteiger partial charge in [0.2, 0.25) is 5.91 Å². The van der Waals surface area contributed by atoms with Crippen LogP contribution < -0.4 is 10.6 Å². The molecule has 0 aliphatic heterocycles. The van der Waals surface area contributed by atoms with E-state index in [-0.39, 0.29) is 6.04 Å². The van der Waals surface area contributed by atoms with Gasteiger partial charge in [-0.05, 0) is 30.2 Å². The molecule has 0 fully saturated rings. The molecule has 4 heteroatoms. The molecule has 0 radical (unpaired) electrons. The molecule has 2 rings (SSSR count). The first-order valence-corrected chi connectivity index (χ1v) is 7.05. The number of amides is 1. The first-order valence-electron chi connectivity index (χ1n) is 7.05. The molecule has 1 unspecified atom stereocenters. The van der Waals surface area contributed by atoms with Crippen molar-refractivity contribution in [3.63, 3.8) is 0 Å². The zero-order valence-corrected chi connectivity index (χ0v) is 12.0. The van der Waals surface area contributed by atoms with Gasteiger partial charge in [0.1, 0.15) is 6.61 Å². The summed E-state index contributed by atoms with van der Waals surface area (Å²) in [5.41, 5.74) is 2.83. The van der Waals surface area contributed by atoms with Crippen LogP contribution in [0.2, 0.25) is 0 Å². The van der Waals surface area contributed by atoms with Gasteiger partial charge in [-0.3, -0.25) is 4.79 Å². The number of carbonyl (C=O) groups is 1. The minimum atomic E-state index is -0.515. The van der Waals surface area contributed by atoms with Gasteiger partial charge in [-0.15, -0.1) is 0 Å². The fraction of sp³-hybridized carbons (Fsp3) is 0.235. The summed E-state index contributed by atoms with van der Waals surface area (Å²) >= 11 is 0. The van der Waals surface area contributed by atoms with Crippen molar-refractivity contribution in [2.75, 3.05) is 17.2 Å². The quantitative estimate of drug-likeness (QED) is 0.763. The van der Waals surface area contributed by atoms with Crippen molar-refractivity contribution in [3.8, 4) is 0 Å². The summed E-state index contributed by atoms with van der Waals surface area (Å²) in [6.45, 7) is 1.61. The number of aliphatic hydroxyl groups is 1. The van der Waals surface area contributed by atoms with E-state index in [1.165, 1.54) is 5.56 Å². The third-order valence-electron chi connectivity index (χ3n) is 3.24. The Balaban J connectivity index is 2.11. The molecule has 3 N–H and O–H groups in total. The third kappa shape index (κ3) is 4.33. The highest BCUT2D eigenvalue weighted by Gasteiger charge is 2.09. The molecule has 2 aromatic carbocycles. The van der Waals surface area contributed by atoms with Crippen molar-refractivity contribution in [2.24, 2.45) is 0 Å². The topological polar surface area (TPSA) is 61.4 Å². The molecule has 110 valence electrons. The first kappa shape index (κ1) is 15.1. The predicted molar refractivity (Wildman–Crippen MR) is 85.3 cm³/mol. The van der Waals surface area contributed by atoms with Crippen LogP contribution in [0.5, 0.6) is 0 Å². The highest BCUT2D eigenvalue weighted by atomic mass is 16.3. The molecule has 0 spiro atoms. The van der Waals surface area contributed by atoms with E-state index in [1.54, 1.807) is 6.07 Å². The van der Waals surface area contributed by atoms with Crippen LogP contribution in [0.3, 0.4) is 0 Å². The summed E-state index contributed by atoms with van der Waals surface area (Å²) in [6, 6.07) is 17.9. The number of nitrogens with one attached hydrogen (secondary N) is 2. The average molecular weight is 284 g/mol. The second-order valence-corrected chi connectivity index (χ2v) is 4.80. The van der Waals surface area contributed by atoms with Crippen LogP contribution in [0.25, 0.3) is 0 Å². The Morgan fingerprint density at radius 3 is 2.48 bits per heavy atom. The van der Waals surface area contributed by atoms with Gasteiger partial charge in [0.25, 0.3) is 0 Å². The predicted octanol–water partition coefficient (Wildman–Crippen LogP) is 3.18. The fourth-order valence-electron chi connectivity index (χ4n) is 2.19. The number of carbonyl (C=O) groups excluding carboxylic acids is 1. The molecule has 0 saturated heterocycles. The molecule has 0 bridgehead atoms. The number of aliphatic hydroxyl groups excluding tert-OH is 1. The summed E-state index contributed by atoms with van der Waals surface area (Å²) in [5.74, 6) is -0.415. The van der Waals surface area contributed by atoms with Crippen molar-refractivity contribution >= 4 is 17.3 Å². The smallest absolute Gasteiger partial charge is 0.250 e. The lowest BCUT2D eigenvalue weighted by Gasteiger charge is -2.19. The van der Waals surface area contributed by atoms with E-state index in [4.69, 9.17) is 5.11 Å². The number of hydrogen-bond donors (Lipinski definition) is 3. The average Bonchev–Trinajstić information content (AvgIpc) is 2.53. The maximum Gasteiger partial charge on any atom is 0.250 e. The summed E-state index contributed by atoms with van der Waals surface area (Å²) in [7, 11) is 0. The van der Waals surface area contributed by atoms with E-state index < -0.39 is 12.5 Å². The van der Waals surface area contributed by atoms with E-state index in [9.17, 15) is 4.79 Å². The van der Waals surface area contributed by atoms with Gasteiger partial charge < -0.3 is 15.7 Å². The van der Waals surface area contributed by atoms with Crippen molar-refractivity contribution in [3.05, 3.63) is 60.2 Å². The lowest BCUT2D eigenvalue weighted by atomic mass is 10.0. The Labute approximate surface area is 124 Å². The number of anilines is 2. The van der Waals surface area contributed by atoms with Crippen molar-refractivity contribution in [1.29, 1.82) is 0 Å². The van der Waals surface area contributed by atoms with Gasteiger partial charge in [0.15, 0.2) is 0 Å². The molecule has 0 heterocycles. The van der Waals surface area contributed by atoms with E-state index in [0.717, 1.165) is 12.1 Å². The fourth-order valence-corrected chi connectivity index (χ4v) is 2.19. The van der Waals surface area contributed by atoms with Crippen molar-refractivity contribution in [2.45, 2.75) is 19.4 Å². The monoisotopic (exact) mass is 284 g/mol. The van der Waals surface area contributed by atoms with Crippen LogP contribution >= 0.6 is 0 Å². The molecule has 0 aromatic heterocycles. The Bertz CT molecular complexity index is 584. The van der Waals surface area contributed by atoms with Gasteiger partial charge in [-0.2, -0.15) is 0 Å². The van der Waals surface area contributed by atoms with Gasteiger partial charge in [0, 0.05) is 11.4 Å². The van der Waals surface area contributed by atoms with Crippen LogP contribution in [-0.2, 0) is 4.79 Å². The third-order valence-corrected chi connectivity index (χ3v) is 3.24. The van der Waals surface area contributed by atoms with E-state index in [1.807, 2.05) is 36.4 Å². The zero-order valence-electron chi connectivity index (χ0n) is 12.0. The van der Waals surface area contributed by atoms with Crippen LogP contribution in [0.15, 0.2) is 54.6 Å². The van der Waals surface area contributed by atoms with Crippen LogP contribution in [0.1, 0.15) is 24.9 Å². The Morgan fingerprint density at radius 1 is 1.10 bits per heavy atom. The SMILES string of the molecule is CCC(Nc1cccc(NC(=O)CO)c1)c1ccccc1. The molecular weight excluding hydrogens is 264 g/mol. The van der Waals surface area contributed by atoms with Crippen molar-refractivity contribution < 1.29 is 9.90 Å². The maximum atomic E-state index is 11.2. The van der Waals surface area contributed by atoms with E-state index >= 15 is 0 Å². The number of benzene rings is 2. The Morgan fingerprint density at radius 2 is 1.81 bits per heavy atom.